The van der Waals surface area contributed by atoms with Crippen LogP contribution in [-0.2, 0) is 6.54 Å². The van der Waals surface area contributed by atoms with Crippen molar-refractivity contribution >= 4 is 40.0 Å². The zero-order chi connectivity index (χ0) is 22.0. The van der Waals surface area contributed by atoms with Crippen LogP contribution in [0.15, 0.2) is 41.8 Å². The summed E-state index contributed by atoms with van der Waals surface area (Å²) in [5.41, 5.74) is 2.72. The number of fused-ring (bicyclic) bond motifs is 1. The second-order valence-electron chi connectivity index (χ2n) is 8.48. The number of halogens is 2. The van der Waals surface area contributed by atoms with Gasteiger partial charge in [0, 0.05) is 29.2 Å². The molecule has 1 aromatic carbocycles. The summed E-state index contributed by atoms with van der Waals surface area (Å²) in [5, 5.41) is 11.0. The van der Waals surface area contributed by atoms with E-state index in [0.717, 1.165) is 34.5 Å². The molecule has 2 heterocycles. The molecule has 1 saturated carbocycles. The second-order valence-corrected chi connectivity index (χ2v) is 9.30. The summed E-state index contributed by atoms with van der Waals surface area (Å²) in [5.74, 6) is 0.444. The summed E-state index contributed by atoms with van der Waals surface area (Å²) in [4.78, 5) is 16.9. The molecule has 1 aliphatic rings. The topological polar surface area (TPSA) is 59.5 Å². The molecule has 1 N–H and O–H groups in total. The van der Waals surface area contributed by atoms with Gasteiger partial charge in [0.25, 0.3) is 5.91 Å². The minimum Gasteiger partial charge on any atom is -0.429 e. The molecule has 0 bridgehead atoms. The van der Waals surface area contributed by atoms with Crippen LogP contribution in [-0.4, -0.2) is 20.4 Å². The van der Waals surface area contributed by atoms with Crippen LogP contribution >= 0.6 is 23.2 Å². The molecule has 31 heavy (non-hydrogen) atoms. The highest BCUT2D eigenvalue weighted by Crippen LogP contribution is 2.28. The first-order valence-corrected chi connectivity index (χ1v) is 11.6. The van der Waals surface area contributed by atoms with Gasteiger partial charge in [-0.25, -0.2) is 4.99 Å². The smallest absolute Gasteiger partial charge is 0.277 e. The van der Waals surface area contributed by atoms with E-state index >= 15 is 0 Å². The van der Waals surface area contributed by atoms with Gasteiger partial charge < -0.3 is 9.77 Å². The average Bonchev–Trinajstić information content (AvgIpc) is 3.06. The van der Waals surface area contributed by atoms with Gasteiger partial charge in [0.2, 0.25) is 0 Å². The molecule has 2 aromatic heterocycles. The predicted molar refractivity (Wildman–Crippen MR) is 124 cm³/mol. The number of carbonyl (C=O) groups is 1. The fraction of sp³-hybridized carbons (Fsp3) is 0.417. The van der Waals surface area contributed by atoms with E-state index in [-0.39, 0.29) is 15.4 Å². The van der Waals surface area contributed by atoms with Crippen molar-refractivity contribution in [3.05, 3.63) is 63.3 Å². The number of amides is 1. The molecule has 1 amide bonds. The van der Waals surface area contributed by atoms with Gasteiger partial charge in [-0.05, 0) is 43.4 Å². The van der Waals surface area contributed by atoms with E-state index in [1.54, 1.807) is 6.07 Å². The molecule has 5 nitrogen and oxygen atoms in total. The fourth-order valence-electron chi connectivity index (χ4n) is 4.60. The summed E-state index contributed by atoms with van der Waals surface area (Å²) in [7, 11) is 0. The molecule has 0 unspecified atom stereocenters. The lowest BCUT2D eigenvalue weighted by Crippen LogP contribution is -2.12. The van der Waals surface area contributed by atoms with Crippen molar-refractivity contribution in [1.82, 2.24) is 9.30 Å². The molecule has 0 spiro atoms. The van der Waals surface area contributed by atoms with Gasteiger partial charge in [-0.3, -0.25) is 4.79 Å². The lowest BCUT2D eigenvalue weighted by atomic mass is 9.86. The van der Waals surface area contributed by atoms with E-state index in [2.05, 4.69) is 22.7 Å². The monoisotopic (exact) mass is 459 g/mol. The van der Waals surface area contributed by atoms with Crippen LogP contribution in [0.1, 0.15) is 60.9 Å². The highest BCUT2D eigenvalue weighted by atomic mass is 35.5. The standard InChI is InChI=1S/C24H27Cl2N3O2/c1-16-13-28(11-5-8-17-6-3-2-4-7-17)22-12-18(9-10-19(16)22)24(30)27-23-20(25)14-29(31)15-21(23)26/h9-10,12-15,17,31H,2-8,11H2,1H3. The highest BCUT2D eigenvalue weighted by molar-refractivity contribution is 6.34. The Kier molecular flexibility index (Phi) is 6.73. The normalized spacial score (nSPS) is 14.8. The summed E-state index contributed by atoms with van der Waals surface area (Å²) in [6.07, 6.45) is 13.9. The molecule has 0 saturated heterocycles. The molecule has 4 rings (SSSR count). The average molecular weight is 460 g/mol. The Morgan fingerprint density at radius 2 is 1.84 bits per heavy atom. The number of pyridine rings is 1. The Labute approximate surface area is 191 Å². The Bertz CT molecular complexity index is 1150. The minimum atomic E-state index is -0.422. The SMILES string of the molecule is Cc1cn(CCCC2CCCCC2)c2cc(C(=O)N=c3c(Cl)cn(O)cc3Cl)ccc12. The van der Waals surface area contributed by atoms with Crippen LogP contribution in [0.3, 0.4) is 0 Å². The van der Waals surface area contributed by atoms with Gasteiger partial charge in [-0.2, -0.15) is 4.73 Å². The minimum absolute atomic E-state index is 0.103. The Morgan fingerprint density at radius 1 is 1.13 bits per heavy atom. The van der Waals surface area contributed by atoms with Crippen LogP contribution in [0.4, 0.5) is 0 Å². The lowest BCUT2D eigenvalue weighted by Gasteiger charge is -2.21. The van der Waals surface area contributed by atoms with Crippen LogP contribution in [0.5, 0.6) is 0 Å². The molecule has 0 radical (unpaired) electrons. The number of hydrogen-bond acceptors (Lipinski definition) is 2. The zero-order valence-corrected chi connectivity index (χ0v) is 19.2. The van der Waals surface area contributed by atoms with Gasteiger partial charge >= 0.3 is 0 Å². The number of aryl methyl sites for hydroxylation is 2. The first kappa shape index (κ1) is 22.0. The largest absolute Gasteiger partial charge is 0.429 e. The third-order valence-electron chi connectivity index (χ3n) is 6.22. The predicted octanol–water partition coefficient (Wildman–Crippen LogP) is 6.40. The Morgan fingerprint density at radius 3 is 2.55 bits per heavy atom. The lowest BCUT2D eigenvalue weighted by molar-refractivity contribution is 0.0998. The van der Waals surface area contributed by atoms with Crippen molar-refractivity contribution in [3.63, 3.8) is 0 Å². The second kappa shape index (κ2) is 9.49. The van der Waals surface area contributed by atoms with E-state index in [1.165, 1.54) is 56.5 Å². The maximum atomic E-state index is 12.8. The van der Waals surface area contributed by atoms with E-state index in [9.17, 15) is 10.0 Å². The summed E-state index contributed by atoms with van der Waals surface area (Å²) in [6.45, 7) is 3.04. The summed E-state index contributed by atoms with van der Waals surface area (Å²) < 4.78 is 2.99. The van der Waals surface area contributed by atoms with E-state index in [4.69, 9.17) is 23.2 Å². The molecule has 0 atom stereocenters. The molecule has 1 fully saturated rings. The molecule has 7 heteroatoms. The van der Waals surface area contributed by atoms with Crippen molar-refractivity contribution in [1.29, 1.82) is 0 Å². The first-order chi connectivity index (χ1) is 14.9. The van der Waals surface area contributed by atoms with Crippen molar-refractivity contribution < 1.29 is 10.0 Å². The third kappa shape index (κ3) is 4.99. The van der Waals surface area contributed by atoms with Crippen LogP contribution < -0.4 is 5.36 Å². The van der Waals surface area contributed by atoms with Gasteiger partial charge in [-0.1, -0.05) is 61.4 Å². The summed E-state index contributed by atoms with van der Waals surface area (Å²) in [6, 6.07) is 5.65. The number of hydrogen-bond donors (Lipinski definition) is 1. The molecule has 3 aromatic rings. The van der Waals surface area contributed by atoms with E-state index in [0.29, 0.717) is 5.56 Å². The molecular weight excluding hydrogens is 433 g/mol. The van der Waals surface area contributed by atoms with Crippen molar-refractivity contribution in [3.8, 4) is 0 Å². The third-order valence-corrected chi connectivity index (χ3v) is 6.77. The van der Waals surface area contributed by atoms with Crippen LogP contribution in [0.2, 0.25) is 10.0 Å². The number of carbonyl (C=O) groups excluding carboxylic acids is 1. The fourth-order valence-corrected chi connectivity index (χ4v) is 5.13. The molecule has 164 valence electrons. The molecular formula is C24H27Cl2N3O2. The quantitative estimate of drug-likeness (QED) is 0.448. The zero-order valence-electron chi connectivity index (χ0n) is 17.7. The van der Waals surface area contributed by atoms with Crippen molar-refractivity contribution in [2.75, 3.05) is 0 Å². The van der Waals surface area contributed by atoms with E-state index in [1.807, 2.05) is 12.1 Å². The van der Waals surface area contributed by atoms with Gasteiger partial charge in [0.05, 0.1) is 22.4 Å². The summed E-state index contributed by atoms with van der Waals surface area (Å²) >= 11 is 12.2. The maximum absolute atomic E-state index is 12.8. The van der Waals surface area contributed by atoms with Crippen molar-refractivity contribution in [2.24, 2.45) is 10.9 Å². The maximum Gasteiger partial charge on any atom is 0.277 e. The molecule has 0 aliphatic heterocycles. The Hall–Kier alpha value is -2.24. The van der Waals surface area contributed by atoms with Crippen LogP contribution in [0.25, 0.3) is 10.9 Å². The van der Waals surface area contributed by atoms with Gasteiger partial charge in [-0.15, -0.1) is 0 Å². The van der Waals surface area contributed by atoms with Gasteiger partial charge in [0.15, 0.2) is 0 Å². The molecule has 1 aliphatic carbocycles. The Balaban J connectivity index is 1.57. The number of benzene rings is 1. The van der Waals surface area contributed by atoms with E-state index < -0.39 is 5.91 Å². The number of nitrogens with zero attached hydrogens (tertiary/aromatic N) is 3. The number of rotatable bonds is 5. The number of aromatic nitrogens is 2. The first-order valence-electron chi connectivity index (χ1n) is 10.9. The van der Waals surface area contributed by atoms with Crippen molar-refractivity contribution in [2.45, 2.75) is 58.4 Å². The van der Waals surface area contributed by atoms with Gasteiger partial charge in [0.1, 0.15) is 5.36 Å². The van der Waals surface area contributed by atoms with Crippen LogP contribution in [0, 0.1) is 12.8 Å². The highest BCUT2D eigenvalue weighted by Gasteiger charge is 2.14.